The highest BCUT2D eigenvalue weighted by atomic mass is 32.2. The Hall–Kier alpha value is -1.75. The van der Waals surface area contributed by atoms with Gasteiger partial charge in [-0.3, -0.25) is 4.79 Å². The molecule has 5 heteroatoms. The van der Waals surface area contributed by atoms with Crippen molar-refractivity contribution in [3.8, 4) is 11.3 Å². The number of thioether (sulfide) groups is 1. The summed E-state index contributed by atoms with van der Waals surface area (Å²) in [7, 11) is 0. The number of hydrogen-bond acceptors (Lipinski definition) is 3. The van der Waals surface area contributed by atoms with Crippen LogP contribution in [0.2, 0.25) is 0 Å². The summed E-state index contributed by atoms with van der Waals surface area (Å²) >= 11 is 1.42. The summed E-state index contributed by atoms with van der Waals surface area (Å²) in [4.78, 5) is 19.4. The highest BCUT2D eigenvalue weighted by Crippen LogP contribution is 2.21. The standard InChI is InChI=1S/C16H21N3OS/c1-4-16(2,3)19-14(20)11-21-15-17-10-13(18-15)12-8-6-5-7-9-12/h5-10H,4,11H2,1-3H3,(H,17,18)(H,19,20). The molecule has 4 nitrogen and oxygen atoms in total. The predicted octanol–water partition coefficient (Wildman–Crippen LogP) is 3.47. The minimum Gasteiger partial charge on any atom is -0.351 e. The molecule has 1 heterocycles. The molecule has 0 bridgehead atoms. The van der Waals surface area contributed by atoms with Crippen molar-refractivity contribution in [2.45, 2.75) is 37.9 Å². The predicted molar refractivity (Wildman–Crippen MR) is 87.3 cm³/mol. The van der Waals surface area contributed by atoms with Gasteiger partial charge in [-0.2, -0.15) is 0 Å². The van der Waals surface area contributed by atoms with Gasteiger partial charge in [-0.15, -0.1) is 0 Å². The Bertz CT molecular complexity index is 593. The van der Waals surface area contributed by atoms with E-state index < -0.39 is 0 Å². The minimum absolute atomic E-state index is 0.0320. The van der Waals surface area contributed by atoms with Gasteiger partial charge in [0.1, 0.15) is 0 Å². The van der Waals surface area contributed by atoms with Crippen molar-refractivity contribution < 1.29 is 4.79 Å². The molecule has 0 unspecified atom stereocenters. The number of imidazole rings is 1. The first-order valence-electron chi connectivity index (χ1n) is 7.04. The second kappa shape index (κ2) is 6.80. The van der Waals surface area contributed by atoms with Gasteiger partial charge in [-0.25, -0.2) is 4.98 Å². The van der Waals surface area contributed by atoms with Crippen LogP contribution in [0.3, 0.4) is 0 Å². The van der Waals surface area contributed by atoms with Crippen molar-refractivity contribution >= 4 is 17.7 Å². The molecule has 0 atom stereocenters. The van der Waals surface area contributed by atoms with Crippen LogP contribution in [-0.2, 0) is 4.79 Å². The van der Waals surface area contributed by atoms with Gasteiger partial charge in [0.15, 0.2) is 5.16 Å². The second-order valence-electron chi connectivity index (χ2n) is 5.54. The van der Waals surface area contributed by atoms with Crippen LogP contribution in [0.15, 0.2) is 41.7 Å². The fourth-order valence-corrected chi connectivity index (χ4v) is 2.43. The first-order valence-corrected chi connectivity index (χ1v) is 8.03. The highest BCUT2D eigenvalue weighted by Gasteiger charge is 2.18. The number of aromatic nitrogens is 2. The summed E-state index contributed by atoms with van der Waals surface area (Å²) in [5.41, 5.74) is 1.90. The number of H-pyrrole nitrogens is 1. The molecule has 0 radical (unpaired) electrons. The fraction of sp³-hybridized carbons (Fsp3) is 0.375. The van der Waals surface area contributed by atoms with Crippen molar-refractivity contribution in [2.24, 2.45) is 0 Å². The topological polar surface area (TPSA) is 57.8 Å². The smallest absolute Gasteiger partial charge is 0.230 e. The summed E-state index contributed by atoms with van der Waals surface area (Å²) < 4.78 is 0. The summed E-state index contributed by atoms with van der Waals surface area (Å²) in [6, 6.07) is 10.0. The van der Waals surface area contributed by atoms with E-state index in [1.807, 2.05) is 44.2 Å². The zero-order valence-electron chi connectivity index (χ0n) is 12.6. The van der Waals surface area contributed by atoms with Crippen LogP contribution in [0.25, 0.3) is 11.3 Å². The Kier molecular flexibility index (Phi) is 5.07. The van der Waals surface area contributed by atoms with Crippen LogP contribution in [0.1, 0.15) is 27.2 Å². The molecule has 2 rings (SSSR count). The first kappa shape index (κ1) is 15.6. The van der Waals surface area contributed by atoms with Crippen LogP contribution in [0.5, 0.6) is 0 Å². The Balaban J connectivity index is 1.90. The molecule has 0 aliphatic heterocycles. The number of benzene rings is 1. The van der Waals surface area contributed by atoms with E-state index in [4.69, 9.17) is 0 Å². The van der Waals surface area contributed by atoms with Crippen LogP contribution in [0.4, 0.5) is 0 Å². The maximum Gasteiger partial charge on any atom is 0.230 e. The molecule has 0 spiro atoms. The van der Waals surface area contributed by atoms with Gasteiger partial charge in [-0.1, -0.05) is 49.0 Å². The molecule has 2 aromatic rings. The molecular formula is C16H21N3OS. The van der Waals surface area contributed by atoms with E-state index in [9.17, 15) is 4.79 Å². The average Bonchev–Trinajstić information content (AvgIpc) is 2.95. The number of carbonyl (C=O) groups excluding carboxylic acids is 1. The number of aromatic amines is 1. The Morgan fingerprint density at radius 3 is 2.71 bits per heavy atom. The van der Waals surface area contributed by atoms with Crippen LogP contribution < -0.4 is 5.32 Å². The molecule has 0 saturated heterocycles. The first-order chi connectivity index (χ1) is 10.00. The minimum atomic E-state index is -0.157. The van der Waals surface area contributed by atoms with Gasteiger partial charge < -0.3 is 10.3 Å². The lowest BCUT2D eigenvalue weighted by molar-refractivity contribution is -0.120. The third-order valence-electron chi connectivity index (χ3n) is 3.34. The zero-order chi connectivity index (χ0) is 15.3. The molecule has 112 valence electrons. The normalized spacial score (nSPS) is 11.4. The fourth-order valence-electron chi connectivity index (χ4n) is 1.78. The monoisotopic (exact) mass is 303 g/mol. The lowest BCUT2D eigenvalue weighted by Crippen LogP contribution is -2.43. The number of rotatable bonds is 6. The van der Waals surface area contributed by atoms with E-state index in [0.29, 0.717) is 5.75 Å². The molecule has 1 amide bonds. The number of amides is 1. The summed E-state index contributed by atoms with van der Waals surface area (Å²) in [6.07, 6.45) is 2.70. The van der Waals surface area contributed by atoms with E-state index in [-0.39, 0.29) is 11.4 Å². The average molecular weight is 303 g/mol. The van der Waals surface area contributed by atoms with E-state index in [1.165, 1.54) is 11.8 Å². The molecule has 21 heavy (non-hydrogen) atoms. The van der Waals surface area contributed by atoms with Gasteiger partial charge in [-0.05, 0) is 25.8 Å². The third kappa shape index (κ3) is 4.63. The van der Waals surface area contributed by atoms with Crippen molar-refractivity contribution in [3.05, 3.63) is 36.5 Å². The molecule has 0 aliphatic rings. The largest absolute Gasteiger partial charge is 0.351 e. The summed E-state index contributed by atoms with van der Waals surface area (Å²) in [6.45, 7) is 6.11. The summed E-state index contributed by atoms with van der Waals surface area (Å²) in [5.74, 6) is 0.398. The molecule has 1 aromatic carbocycles. The SMILES string of the molecule is CCC(C)(C)NC(=O)CSc1ncc(-c2ccccc2)[nH]1. The quantitative estimate of drug-likeness (QED) is 0.803. The van der Waals surface area contributed by atoms with Crippen LogP contribution in [0, 0.1) is 0 Å². The Morgan fingerprint density at radius 2 is 2.05 bits per heavy atom. The highest BCUT2D eigenvalue weighted by molar-refractivity contribution is 7.99. The van der Waals surface area contributed by atoms with Crippen molar-refractivity contribution in [1.29, 1.82) is 0 Å². The van der Waals surface area contributed by atoms with Crippen LogP contribution in [-0.4, -0.2) is 27.2 Å². The molecule has 1 aromatic heterocycles. The molecule has 0 fully saturated rings. The van der Waals surface area contributed by atoms with Gasteiger partial charge in [0.25, 0.3) is 0 Å². The number of nitrogens with one attached hydrogen (secondary N) is 2. The maximum atomic E-state index is 11.9. The van der Waals surface area contributed by atoms with E-state index in [0.717, 1.165) is 22.8 Å². The van der Waals surface area contributed by atoms with Gasteiger partial charge >= 0.3 is 0 Å². The van der Waals surface area contributed by atoms with Gasteiger partial charge in [0.05, 0.1) is 17.6 Å². The van der Waals surface area contributed by atoms with E-state index >= 15 is 0 Å². The lowest BCUT2D eigenvalue weighted by atomic mass is 10.0. The number of carbonyl (C=O) groups is 1. The molecule has 0 saturated carbocycles. The third-order valence-corrected chi connectivity index (χ3v) is 4.23. The molecular weight excluding hydrogens is 282 g/mol. The van der Waals surface area contributed by atoms with Crippen molar-refractivity contribution in [2.75, 3.05) is 5.75 Å². The van der Waals surface area contributed by atoms with Crippen molar-refractivity contribution in [3.63, 3.8) is 0 Å². The van der Waals surface area contributed by atoms with E-state index in [2.05, 4.69) is 22.2 Å². The van der Waals surface area contributed by atoms with Gasteiger partial charge in [0, 0.05) is 5.54 Å². The lowest BCUT2D eigenvalue weighted by Gasteiger charge is -2.24. The number of nitrogens with zero attached hydrogens (tertiary/aromatic N) is 1. The maximum absolute atomic E-state index is 11.9. The van der Waals surface area contributed by atoms with Crippen molar-refractivity contribution in [1.82, 2.24) is 15.3 Å². The van der Waals surface area contributed by atoms with Crippen LogP contribution >= 0.6 is 11.8 Å². The van der Waals surface area contributed by atoms with E-state index in [1.54, 1.807) is 6.20 Å². The molecule has 2 N–H and O–H groups in total. The second-order valence-corrected chi connectivity index (χ2v) is 6.51. The summed E-state index contributed by atoms with van der Waals surface area (Å²) in [5, 5.41) is 3.78. The number of hydrogen-bond donors (Lipinski definition) is 2. The Morgan fingerprint density at radius 1 is 1.33 bits per heavy atom. The zero-order valence-corrected chi connectivity index (χ0v) is 13.5. The Labute approximate surface area is 129 Å². The molecule has 0 aliphatic carbocycles. The van der Waals surface area contributed by atoms with Gasteiger partial charge in [0.2, 0.25) is 5.91 Å².